The molecule has 0 saturated heterocycles. The van der Waals surface area contributed by atoms with Crippen LogP contribution in [-0.2, 0) is 10.4 Å². The van der Waals surface area contributed by atoms with Gasteiger partial charge in [-0.15, -0.1) is 0 Å². The summed E-state index contributed by atoms with van der Waals surface area (Å²) in [6, 6.07) is 0. The first-order chi connectivity index (χ1) is 10.2. The van der Waals surface area contributed by atoms with Crippen LogP contribution in [-0.4, -0.2) is 48.2 Å². The molecule has 0 aromatic carbocycles. The Bertz CT molecular complexity index is 295. The summed E-state index contributed by atoms with van der Waals surface area (Å²) in [5, 5.41) is 0. The first-order valence-corrected chi connectivity index (χ1v) is 10.1. The minimum absolute atomic E-state index is 0. The number of hydrogen-bond donors (Lipinski definition) is 1. The van der Waals surface area contributed by atoms with E-state index in [9.17, 15) is 0 Å². The zero-order valence-corrected chi connectivity index (χ0v) is 16.5. The lowest BCUT2D eigenvalue weighted by Gasteiger charge is -2.39. The van der Waals surface area contributed by atoms with Gasteiger partial charge in [0, 0.05) is 10.4 Å². The minimum Gasteiger partial charge on any atom is -0.759 e. The first kappa shape index (κ1) is 27.6. The van der Waals surface area contributed by atoms with Gasteiger partial charge in [0.15, 0.2) is 0 Å². The molecule has 144 valence electrons. The van der Waals surface area contributed by atoms with Gasteiger partial charge in [-0.1, -0.05) is 53.4 Å². The third-order valence-electron chi connectivity index (χ3n) is 3.94. The van der Waals surface area contributed by atoms with E-state index in [1.165, 1.54) is 82.0 Å². The van der Waals surface area contributed by atoms with Crippen LogP contribution in [0.15, 0.2) is 0 Å². The SMILES string of the molecule is CCCC[N+](CCCC)(CCCC)CCCC.N.O=S(=O)([O-])[O-].[H+]. The fourth-order valence-electron chi connectivity index (χ4n) is 2.64. The van der Waals surface area contributed by atoms with Gasteiger partial charge in [0.2, 0.25) is 0 Å². The fourth-order valence-corrected chi connectivity index (χ4v) is 2.64. The van der Waals surface area contributed by atoms with Crippen LogP contribution in [0.4, 0.5) is 0 Å². The molecule has 6 nitrogen and oxygen atoms in total. The van der Waals surface area contributed by atoms with Crippen molar-refractivity contribution in [3.8, 4) is 0 Å². The van der Waals surface area contributed by atoms with Gasteiger partial charge < -0.3 is 19.7 Å². The Labute approximate surface area is 145 Å². The Hall–Kier alpha value is -0.210. The molecule has 0 fully saturated rings. The van der Waals surface area contributed by atoms with Crippen molar-refractivity contribution in [2.24, 2.45) is 0 Å². The van der Waals surface area contributed by atoms with E-state index < -0.39 is 10.4 Å². The summed E-state index contributed by atoms with van der Waals surface area (Å²) in [5.74, 6) is 0. The molecule has 0 rings (SSSR count). The summed E-state index contributed by atoms with van der Waals surface area (Å²) < 4.78 is 35.5. The zero-order valence-electron chi connectivity index (χ0n) is 16.7. The Balaban J connectivity index is -0.000000250. The largest absolute Gasteiger partial charge is 1.00 e. The first-order valence-electron chi connectivity index (χ1n) is 8.76. The van der Waals surface area contributed by atoms with Gasteiger partial charge in [0.05, 0.1) is 26.2 Å². The van der Waals surface area contributed by atoms with Crippen LogP contribution in [0, 0.1) is 0 Å². The van der Waals surface area contributed by atoms with Gasteiger partial charge >= 0.3 is 1.43 Å². The van der Waals surface area contributed by atoms with Gasteiger partial charge in [0.1, 0.15) is 0 Å². The lowest BCUT2D eigenvalue weighted by molar-refractivity contribution is -0.929. The van der Waals surface area contributed by atoms with Gasteiger partial charge in [-0.25, -0.2) is 0 Å². The van der Waals surface area contributed by atoms with Crippen molar-refractivity contribution in [2.45, 2.75) is 79.1 Å². The molecule has 0 unspecified atom stereocenters. The second-order valence-corrected chi connectivity index (χ2v) is 6.88. The van der Waals surface area contributed by atoms with E-state index >= 15 is 0 Å². The van der Waals surface area contributed by atoms with Crippen LogP contribution in [0.25, 0.3) is 0 Å². The second-order valence-electron chi connectivity index (χ2n) is 6.06. The summed E-state index contributed by atoms with van der Waals surface area (Å²) in [4.78, 5) is 0. The Morgan fingerprint density at radius 3 is 1.00 bits per heavy atom. The number of unbranched alkanes of at least 4 members (excludes halogenated alkanes) is 4. The van der Waals surface area contributed by atoms with E-state index in [2.05, 4.69) is 27.7 Å². The molecule has 0 amide bonds. The molecule has 0 spiro atoms. The van der Waals surface area contributed by atoms with Crippen molar-refractivity contribution in [1.29, 1.82) is 0 Å². The fraction of sp³-hybridized carbons (Fsp3) is 1.00. The van der Waals surface area contributed by atoms with Crippen LogP contribution in [0.2, 0.25) is 0 Å². The summed E-state index contributed by atoms with van der Waals surface area (Å²) in [5.41, 5.74) is 0. The number of rotatable bonds is 12. The third kappa shape index (κ3) is 21.8. The topological polar surface area (TPSA) is 115 Å². The highest BCUT2D eigenvalue weighted by Crippen LogP contribution is 2.16. The van der Waals surface area contributed by atoms with Crippen molar-refractivity contribution in [1.82, 2.24) is 6.15 Å². The molecular weight excluding hydrogens is 316 g/mol. The standard InChI is InChI=1S/C16H36N.H3N.H2O4S/c1-5-9-13-17(14-10-6-2,15-11-7-3)16-12-8-4;;1-5(2,3)4/h5-16H2,1-4H3;1H3;(H2,1,2,3,4)/q+1;;/p-1. The summed E-state index contributed by atoms with van der Waals surface area (Å²) >= 11 is 0. The van der Waals surface area contributed by atoms with Crippen molar-refractivity contribution < 1.29 is 23.4 Å². The molecule has 0 atom stereocenters. The van der Waals surface area contributed by atoms with Crippen molar-refractivity contribution in [2.75, 3.05) is 26.2 Å². The van der Waals surface area contributed by atoms with E-state index in [1.54, 1.807) is 0 Å². The van der Waals surface area contributed by atoms with Gasteiger partial charge in [-0.3, -0.25) is 8.42 Å². The predicted octanol–water partition coefficient (Wildman–Crippen LogP) is 3.94. The van der Waals surface area contributed by atoms with Crippen LogP contribution < -0.4 is 6.15 Å². The lowest BCUT2D eigenvalue weighted by atomic mass is 10.1. The molecule has 0 saturated carbocycles. The van der Waals surface area contributed by atoms with Crippen molar-refractivity contribution in [3.63, 3.8) is 0 Å². The van der Waals surface area contributed by atoms with Crippen LogP contribution >= 0.6 is 0 Å². The molecule has 0 aliphatic carbocycles. The molecule has 0 aromatic heterocycles. The smallest absolute Gasteiger partial charge is 0.759 e. The second kappa shape index (κ2) is 16.6. The zero-order chi connectivity index (χ0) is 17.5. The molecule has 0 radical (unpaired) electrons. The van der Waals surface area contributed by atoms with E-state index in [1.807, 2.05) is 0 Å². The summed E-state index contributed by atoms with van der Waals surface area (Å²) in [7, 11) is -5.17. The molecule has 7 heteroatoms. The summed E-state index contributed by atoms with van der Waals surface area (Å²) in [6.45, 7) is 15.0. The lowest BCUT2D eigenvalue weighted by Crippen LogP contribution is -2.50. The molecule has 23 heavy (non-hydrogen) atoms. The molecular formula is C16H40N2O4S. The maximum atomic E-state index is 8.52. The Kier molecular flexibility index (Phi) is 20.0. The summed E-state index contributed by atoms with van der Waals surface area (Å²) in [6.07, 6.45) is 11.1. The average Bonchev–Trinajstić information content (AvgIpc) is 2.44. The van der Waals surface area contributed by atoms with Crippen molar-refractivity contribution in [3.05, 3.63) is 0 Å². The van der Waals surface area contributed by atoms with Gasteiger partial charge in [-0.05, 0) is 25.7 Å². The third-order valence-corrected chi connectivity index (χ3v) is 3.94. The Morgan fingerprint density at radius 2 is 0.870 bits per heavy atom. The Morgan fingerprint density at radius 1 is 0.696 bits per heavy atom. The van der Waals surface area contributed by atoms with E-state index in [0.29, 0.717) is 0 Å². The molecule has 0 aromatic rings. The van der Waals surface area contributed by atoms with Crippen LogP contribution in [0.3, 0.4) is 0 Å². The molecule has 0 heterocycles. The molecule has 0 bridgehead atoms. The van der Waals surface area contributed by atoms with Crippen LogP contribution in [0.5, 0.6) is 0 Å². The highest BCUT2D eigenvalue weighted by molar-refractivity contribution is 7.79. The normalized spacial score (nSPS) is 11.4. The highest BCUT2D eigenvalue weighted by Gasteiger charge is 2.24. The number of nitrogens with zero attached hydrogens (tertiary/aromatic N) is 1. The molecule has 0 aliphatic rings. The van der Waals surface area contributed by atoms with E-state index in [-0.39, 0.29) is 7.58 Å². The highest BCUT2D eigenvalue weighted by atomic mass is 32.3. The van der Waals surface area contributed by atoms with Gasteiger partial charge in [0.25, 0.3) is 0 Å². The molecule has 3 N–H and O–H groups in total. The number of quaternary nitrogens is 1. The maximum Gasteiger partial charge on any atom is 1.00 e. The minimum atomic E-state index is -5.17. The maximum absolute atomic E-state index is 8.52. The van der Waals surface area contributed by atoms with Gasteiger partial charge in [-0.2, -0.15) is 0 Å². The predicted molar refractivity (Wildman–Crippen MR) is 96.0 cm³/mol. The van der Waals surface area contributed by atoms with Crippen LogP contribution in [0.1, 0.15) is 80.5 Å². The van der Waals surface area contributed by atoms with E-state index in [0.717, 1.165) is 0 Å². The average molecular weight is 357 g/mol. The monoisotopic (exact) mass is 356 g/mol. The molecule has 0 aliphatic heterocycles. The number of hydrogen-bond acceptors (Lipinski definition) is 5. The van der Waals surface area contributed by atoms with E-state index in [4.69, 9.17) is 17.5 Å². The quantitative estimate of drug-likeness (QED) is 0.323. The van der Waals surface area contributed by atoms with Crippen molar-refractivity contribution >= 4 is 10.4 Å².